The second-order valence-corrected chi connectivity index (χ2v) is 7.83. The molecule has 156 valence electrons. The summed E-state index contributed by atoms with van der Waals surface area (Å²) in [4.78, 5) is 15.3. The topological polar surface area (TPSA) is 63.3 Å². The van der Waals surface area contributed by atoms with Gasteiger partial charge >= 0.3 is 0 Å². The lowest BCUT2D eigenvalue weighted by Crippen LogP contribution is -2.42. The number of amides is 1. The largest absolute Gasteiger partial charge is 0.467 e. The molecule has 2 aromatic carbocycles. The fourth-order valence-electron chi connectivity index (χ4n) is 4.27. The molecule has 5 rings (SSSR count). The molecule has 1 amide bonds. The zero-order valence-electron chi connectivity index (χ0n) is 17.6. The second kappa shape index (κ2) is 7.80. The van der Waals surface area contributed by atoms with Crippen LogP contribution in [0.2, 0.25) is 0 Å². The summed E-state index contributed by atoms with van der Waals surface area (Å²) in [5, 5.41) is 8.38. The van der Waals surface area contributed by atoms with Gasteiger partial charge in [-0.1, -0.05) is 42.5 Å². The molecule has 31 heavy (non-hydrogen) atoms. The van der Waals surface area contributed by atoms with E-state index in [2.05, 4.69) is 24.4 Å². The summed E-state index contributed by atoms with van der Waals surface area (Å²) >= 11 is 0. The number of rotatable bonds is 5. The molecule has 0 aliphatic carbocycles. The Morgan fingerprint density at radius 2 is 1.74 bits per heavy atom. The van der Waals surface area contributed by atoms with Gasteiger partial charge in [0.15, 0.2) is 0 Å². The number of aromatic nitrogens is 2. The summed E-state index contributed by atoms with van der Waals surface area (Å²) in [5.74, 6) is 0.719. The molecular weight excluding hydrogens is 388 g/mol. The van der Waals surface area contributed by atoms with E-state index in [4.69, 9.17) is 9.52 Å². The molecule has 6 heteroatoms. The Kier molecular flexibility index (Phi) is 4.82. The summed E-state index contributed by atoms with van der Waals surface area (Å²) in [6, 6.07) is 21.6. The minimum absolute atomic E-state index is 0.0228. The van der Waals surface area contributed by atoms with Crippen LogP contribution in [0.25, 0.3) is 0 Å². The SMILES string of the molecule is Cc1nn(Cc2ccccc2)c(C)c1[C@@H]1Nc2ccccc2C(=O)N1Cc1ccco1. The van der Waals surface area contributed by atoms with Crippen molar-refractivity contribution in [3.63, 3.8) is 0 Å². The molecule has 2 aromatic heterocycles. The molecule has 0 unspecified atom stereocenters. The smallest absolute Gasteiger partial charge is 0.258 e. The molecule has 0 bridgehead atoms. The van der Waals surface area contributed by atoms with Gasteiger partial charge in [-0.3, -0.25) is 9.48 Å². The Hall–Kier alpha value is -3.80. The maximum atomic E-state index is 13.5. The van der Waals surface area contributed by atoms with E-state index in [0.29, 0.717) is 18.7 Å². The fraction of sp³-hybridized carbons (Fsp3) is 0.200. The van der Waals surface area contributed by atoms with Crippen molar-refractivity contribution in [2.24, 2.45) is 0 Å². The van der Waals surface area contributed by atoms with Crippen molar-refractivity contribution in [1.82, 2.24) is 14.7 Å². The molecule has 0 spiro atoms. The number of carbonyl (C=O) groups is 1. The Labute approximate surface area is 181 Å². The molecule has 1 N–H and O–H groups in total. The number of furan rings is 1. The molecule has 1 aliphatic rings. The van der Waals surface area contributed by atoms with E-state index < -0.39 is 0 Å². The zero-order chi connectivity index (χ0) is 21.4. The predicted octanol–water partition coefficient (Wildman–Crippen LogP) is 4.91. The molecule has 4 aromatic rings. The van der Waals surface area contributed by atoms with Crippen molar-refractivity contribution in [2.75, 3.05) is 5.32 Å². The molecule has 0 saturated heterocycles. The first kappa shape index (κ1) is 19.2. The van der Waals surface area contributed by atoms with Crippen LogP contribution in [0.15, 0.2) is 77.4 Å². The minimum Gasteiger partial charge on any atom is -0.467 e. The molecular formula is C25H24N4O2. The lowest BCUT2D eigenvalue weighted by Gasteiger charge is -2.37. The first-order valence-electron chi connectivity index (χ1n) is 10.4. The molecule has 0 radical (unpaired) electrons. The van der Waals surface area contributed by atoms with Crippen molar-refractivity contribution >= 4 is 11.6 Å². The van der Waals surface area contributed by atoms with Crippen molar-refractivity contribution in [2.45, 2.75) is 33.1 Å². The van der Waals surface area contributed by atoms with E-state index in [1.54, 1.807) is 6.26 Å². The van der Waals surface area contributed by atoms with Crippen LogP contribution in [0.4, 0.5) is 5.69 Å². The van der Waals surface area contributed by atoms with Crippen molar-refractivity contribution in [1.29, 1.82) is 0 Å². The van der Waals surface area contributed by atoms with Crippen LogP contribution in [0, 0.1) is 13.8 Å². The number of nitrogens with zero attached hydrogens (tertiary/aromatic N) is 3. The van der Waals surface area contributed by atoms with Crippen molar-refractivity contribution < 1.29 is 9.21 Å². The fourth-order valence-corrected chi connectivity index (χ4v) is 4.27. The first-order chi connectivity index (χ1) is 15.1. The average molecular weight is 412 g/mol. The van der Waals surface area contributed by atoms with E-state index in [0.717, 1.165) is 28.4 Å². The third kappa shape index (κ3) is 3.50. The van der Waals surface area contributed by atoms with Crippen LogP contribution < -0.4 is 5.32 Å². The number of fused-ring (bicyclic) bond motifs is 1. The van der Waals surface area contributed by atoms with E-state index in [1.807, 2.05) is 71.1 Å². The standard InChI is InChI=1S/C25H24N4O2/c1-17-23(18(2)29(27-17)15-19-9-4-3-5-10-19)24-26-22-13-7-6-12-21(22)25(30)28(24)16-20-11-8-14-31-20/h3-14,24,26H,15-16H2,1-2H3/t24-/m1/s1. The summed E-state index contributed by atoms with van der Waals surface area (Å²) in [6.45, 7) is 5.13. The molecule has 1 atom stereocenters. The molecule has 6 nitrogen and oxygen atoms in total. The third-order valence-corrected chi connectivity index (χ3v) is 5.81. The quantitative estimate of drug-likeness (QED) is 0.506. The Morgan fingerprint density at radius 3 is 2.52 bits per heavy atom. The summed E-state index contributed by atoms with van der Waals surface area (Å²) in [5.41, 5.74) is 5.65. The first-order valence-corrected chi connectivity index (χ1v) is 10.4. The molecule has 3 heterocycles. The van der Waals surface area contributed by atoms with Crippen LogP contribution >= 0.6 is 0 Å². The highest BCUT2D eigenvalue weighted by Gasteiger charge is 2.36. The summed E-state index contributed by atoms with van der Waals surface area (Å²) in [6.07, 6.45) is 1.30. The van der Waals surface area contributed by atoms with Gasteiger partial charge in [0.2, 0.25) is 0 Å². The minimum atomic E-state index is -0.336. The van der Waals surface area contributed by atoms with Gasteiger partial charge in [0.05, 0.1) is 30.6 Å². The monoisotopic (exact) mass is 412 g/mol. The van der Waals surface area contributed by atoms with Gasteiger partial charge in [-0.2, -0.15) is 5.10 Å². The van der Waals surface area contributed by atoms with Crippen molar-refractivity contribution in [3.8, 4) is 0 Å². The third-order valence-electron chi connectivity index (χ3n) is 5.81. The van der Waals surface area contributed by atoms with Gasteiger partial charge in [0.25, 0.3) is 5.91 Å². The van der Waals surface area contributed by atoms with Gasteiger partial charge in [0.1, 0.15) is 11.9 Å². The highest BCUT2D eigenvalue weighted by molar-refractivity contribution is 6.01. The van der Waals surface area contributed by atoms with Crippen LogP contribution in [0.1, 0.15) is 44.8 Å². The number of para-hydroxylation sites is 1. The highest BCUT2D eigenvalue weighted by Crippen LogP contribution is 2.36. The molecule has 0 fully saturated rings. The lowest BCUT2D eigenvalue weighted by atomic mass is 10.0. The summed E-state index contributed by atoms with van der Waals surface area (Å²) in [7, 11) is 0. The molecule has 0 saturated carbocycles. The number of carbonyl (C=O) groups excluding carboxylic acids is 1. The van der Waals surface area contributed by atoms with Crippen LogP contribution in [0.5, 0.6) is 0 Å². The zero-order valence-corrected chi connectivity index (χ0v) is 17.6. The number of benzene rings is 2. The number of nitrogens with one attached hydrogen (secondary N) is 1. The second-order valence-electron chi connectivity index (χ2n) is 7.83. The Balaban J connectivity index is 1.56. The van der Waals surface area contributed by atoms with Gasteiger partial charge in [0, 0.05) is 16.9 Å². The van der Waals surface area contributed by atoms with E-state index in [1.165, 1.54) is 5.56 Å². The van der Waals surface area contributed by atoms with Gasteiger partial charge in [-0.05, 0) is 43.7 Å². The predicted molar refractivity (Wildman–Crippen MR) is 119 cm³/mol. The normalized spacial score (nSPS) is 15.6. The van der Waals surface area contributed by atoms with E-state index in [-0.39, 0.29) is 12.1 Å². The number of aryl methyl sites for hydroxylation is 1. The number of hydrogen-bond donors (Lipinski definition) is 1. The lowest BCUT2D eigenvalue weighted by molar-refractivity contribution is 0.0650. The molecule has 1 aliphatic heterocycles. The van der Waals surface area contributed by atoms with E-state index in [9.17, 15) is 4.79 Å². The Morgan fingerprint density at radius 1 is 0.968 bits per heavy atom. The van der Waals surface area contributed by atoms with Gasteiger partial charge in [-0.15, -0.1) is 0 Å². The number of hydrogen-bond acceptors (Lipinski definition) is 4. The maximum Gasteiger partial charge on any atom is 0.258 e. The highest BCUT2D eigenvalue weighted by atomic mass is 16.3. The van der Waals surface area contributed by atoms with Crippen LogP contribution in [-0.4, -0.2) is 20.6 Å². The summed E-state index contributed by atoms with van der Waals surface area (Å²) < 4.78 is 7.57. The van der Waals surface area contributed by atoms with Gasteiger partial charge in [-0.25, -0.2) is 0 Å². The number of anilines is 1. The average Bonchev–Trinajstić information content (AvgIpc) is 3.39. The Bertz CT molecular complexity index is 1210. The van der Waals surface area contributed by atoms with Crippen LogP contribution in [-0.2, 0) is 13.1 Å². The van der Waals surface area contributed by atoms with Crippen LogP contribution in [0.3, 0.4) is 0 Å². The maximum absolute atomic E-state index is 13.5. The van der Waals surface area contributed by atoms with E-state index >= 15 is 0 Å². The van der Waals surface area contributed by atoms with Gasteiger partial charge < -0.3 is 14.6 Å². The van der Waals surface area contributed by atoms with Crippen molar-refractivity contribution in [3.05, 3.63) is 107 Å².